The topological polar surface area (TPSA) is 99.9 Å². The average Bonchev–Trinajstić information content (AvgIpc) is 3.41. The van der Waals surface area contributed by atoms with Gasteiger partial charge in [0.1, 0.15) is 17.2 Å². The Balaban J connectivity index is 1.35. The van der Waals surface area contributed by atoms with E-state index in [-0.39, 0.29) is 31.2 Å². The molecule has 3 fully saturated rings. The average molecular weight is 486 g/mol. The number of amides is 2. The van der Waals surface area contributed by atoms with Gasteiger partial charge in [-0.25, -0.2) is 9.29 Å². The van der Waals surface area contributed by atoms with Gasteiger partial charge in [-0.1, -0.05) is 24.3 Å². The van der Waals surface area contributed by atoms with E-state index in [1.165, 1.54) is 29.2 Å². The molecule has 0 radical (unpaired) electrons. The lowest BCUT2D eigenvalue weighted by Gasteiger charge is -2.33. The summed E-state index contributed by atoms with van der Waals surface area (Å²) in [5, 5.41) is 21.7. The van der Waals surface area contributed by atoms with Gasteiger partial charge in [0.25, 0.3) is 0 Å². The molecule has 3 heterocycles. The monoisotopic (exact) mass is 486 g/mol. The van der Waals surface area contributed by atoms with Gasteiger partial charge in [-0.05, 0) is 43.3 Å². The summed E-state index contributed by atoms with van der Waals surface area (Å²) in [7, 11) is 0. The normalized spacial score (nSPS) is 30.6. The Bertz CT molecular complexity index is 1450. The lowest BCUT2D eigenvalue weighted by Crippen LogP contribution is -2.49. The Morgan fingerprint density at radius 1 is 1.08 bits per heavy atom. The molecule has 5 unspecified atom stereocenters. The number of hydrogen-bond donors (Lipinski definition) is 1. The van der Waals surface area contributed by atoms with E-state index in [0.29, 0.717) is 27.8 Å². The molecule has 2 bridgehead atoms. The number of aliphatic hydroxyl groups is 1. The number of aliphatic hydroxyl groups excluding tert-OH is 1. The van der Waals surface area contributed by atoms with Gasteiger partial charge in [-0.2, -0.15) is 5.26 Å². The molecule has 3 aliphatic rings. The summed E-state index contributed by atoms with van der Waals surface area (Å²) in [6.07, 6.45) is -0.434. The predicted molar refractivity (Wildman–Crippen MR) is 127 cm³/mol. The second kappa shape index (κ2) is 7.85. The van der Waals surface area contributed by atoms with Crippen LogP contribution in [0.4, 0.5) is 10.1 Å². The van der Waals surface area contributed by atoms with Gasteiger partial charge in [0.2, 0.25) is 11.8 Å². The zero-order valence-electron chi connectivity index (χ0n) is 19.5. The van der Waals surface area contributed by atoms with Gasteiger partial charge in [-0.15, -0.1) is 0 Å². The number of fused-ring (bicyclic) bond motifs is 6. The molecule has 3 aliphatic heterocycles. The molecule has 2 amide bonds. The number of ether oxygens (including phenoxy) is 2. The van der Waals surface area contributed by atoms with Crippen LogP contribution in [-0.2, 0) is 14.3 Å². The summed E-state index contributed by atoms with van der Waals surface area (Å²) in [5.74, 6) is -2.30. The third-order valence-corrected chi connectivity index (χ3v) is 7.98. The number of anilines is 1. The SMILES string of the molecule is CC12OC(CCOc3ccc(F)cc3)(CC1O)C1C(=O)N(c3ccc(C#N)c4ccccc34)C(=O)C12. The van der Waals surface area contributed by atoms with Crippen LogP contribution in [0.5, 0.6) is 5.75 Å². The number of nitrogens with zero attached hydrogens (tertiary/aromatic N) is 2. The molecule has 8 heteroatoms. The molecule has 7 nitrogen and oxygen atoms in total. The summed E-state index contributed by atoms with van der Waals surface area (Å²) in [6, 6.07) is 18.2. The highest BCUT2D eigenvalue weighted by atomic mass is 19.1. The Morgan fingerprint density at radius 3 is 2.50 bits per heavy atom. The van der Waals surface area contributed by atoms with E-state index < -0.39 is 35.0 Å². The maximum Gasteiger partial charge on any atom is 0.240 e. The van der Waals surface area contributed by atoms with Crippen LogP contribution in [0.25, 0.3) is 10.8 Å². The van der Waals surface area contributed by atoms with Gasteiger partial charge in [0, 0.05) is 23.6 Å². The van der Waals surface area contributed by atoms with Crippen molar-refractivity contribution < 1.29 is 28.6 Å². The summed E-state index contributed by atoms with van der Waals surface area (Å²) in [4.78, 5) is 28.9. The first-order valence-corrected chi connectivity index (χ1v) is 11.9. The fourth-order valence-corrected chi connectivity index (χ4v) is 6.31. The van der Waals surface area contributed by atoms with Crippen molar-refractivity contribution in [2.75, 3.05) is 11.5 Å². The van der Waals surface area contributed by atoms with E-state index in [1.54, 1.807) is 43.3 Å². The van der Waals surface area contributed by atoms with Gasteiger partial charge in [0.15, 0.2) is 0 Å². The standard InChI is InChI=1S/C28H23FN2O5/c1-27-22(32)14-28(36-27,12-13-35-18-9-7-17(29)8-10-18)24-23(27)25(33)31(26(24)34)21-11-6-16(15-30)19-4-2-3-5-20(19)21/h2-11,22-24,32H,12-14H2,1H3. The van der Waals surface area contributed by atoms with E-state index in [9.17, 15) is 24.3 Å². The fourth-order valence-electron chi connectivity index (χ4n) is 6.31. The second-order valence-corrected chi connectivity index (χ2v) is 9.88. The van der Waals surface area contributed by atoms with Gasteiger partial charge in [-0.3, -0.25) is 9.59 Å². The zero-order valence-corrected chi connectivity index (χ0v) is 19.5. The number of benzene rings is 3. The second-order valence-electron chi connectivity index (χ2n) is 9.88. The molecule has 3 aromatic rings. The molecular weight excluding hydrogens is 463 g/mol. The van der Waals surface area contributed by atoms with Crippen molar-refractivity contribution in [3.63, 3.8) is 0 Å². The molecule has 0 aromatic heterocycles. The van der Waals surface area contributed by atoms with Crippen LogP contribution >= 0.6 is 0 Å². The third-order valence-electron chi connectivity index (χ3n) is 7.98. The Hall–Kier alpha value is -3.80. The van der Waals surface area contributed by atoms with E-state index >= 15 is 0 Å². The maximum absolute atomic E-state index is 13.9. The predicted octanol–water partition coefficient (Wildman–Crippen LogP) is 3.72. The van der Waals surface area contributed by atoms with Crippen molar-refractivity contribution in [2.45, 2.75) is 37.1 Å². The van der Waals surface area contributed by atoms with Crippen LogP contribution in [0, 0.1) is 29.0 Å². The van der Waals surface area contributed by atoms with Crippen LogP contribution in [0.15, 0.2) is 60.7 Å². The van der Waals surface area contributed by atoms with Crippen LogP contribution < -0.4 is 9.64 Å². The van der Waals surface area contributed by atoms with Crippen LogP contribution in [0.3, 0.4) is 0 Å². The van der Waals surface area contributed by atoms with E-state index in [4.69, 9.17) is 9.47 Å². The van der Waals surface area contributed by atoms with Crippen molar-refractivity contribution in [2.24, 2.45) is 11.8 Å². The van der Waals surface area contributed by atoms with E-state index in [2.05, 4.69) is 6.07 Å². The summed E-state index contributed by atoms with van der Waals surface area (Å²) >= 11 is 0. The quantitative estimate of drug-likeness (QED) is 0.552. The minimum absolute atomic E-state index is 0.166. The van der Waals surface area contributed by atoms with Crippen molar-refractivity contribution in [3.05, 3.63) is 72.0 Å². The molecule has 182 valence electrons. The number of nitriles is 1. The molecule has 36 heavy (non-hydrogen) atoms. The van der Waals surface area contributed by atoms with Crippen molar-refractivity contribution in [3.8, 4) is 11.8 Å². The van der Waals surface area contributed by atoms with Crippen molar-refractivity contribution in [1.29, 1.82) is 5.26 Å². The molecule has 0 spiro atoms. The highest BCUT2D eigenvalue weighted by Gasteiger charge is 2.77. The first-order valence-electron chi connectivity index (χ1n) is 11.9. The number of imide groups is 1. The number of carbonyl (C=O) groups excluding carboxylic acids is 2. The van der Waals surface area contributed by atoms with Crippen LogP contribution in [-0.4, -0.2) is 40.8 Å². The highest BCUT2D eigenvalue weighted by molar-refractivity contribution is 6.26. The molecule has 0 saturated carbocycles. The number of rotatable bonds is 5. The summed E-state index contributed by atoms with van der Waals surface area (Å²) in [5.41, 5.74) is -1.40. The fraction of sp³-hybridized carbons (Fsp3) is 0.321. The molecule has 6 rings (SSSR count). The van der Waals surface area contributed by atoms with Crippen LogP contribution in [0.2, 0.25) is 0 Å². The Labute approximate surface area is 206 Å². The van der Waals surface area contributed by atoms with Crippen LogP contribution in [0.1, 0.15) is 25.3 Å². The highest BCUT2D eigenvalue weighted by Crippen LogP contribution is 2.62. The summed E-state index contributed by atoms with van der Waals surface area (Å²) < 4.78 is 25.3. The van der Waals surface area contributed by atoms with Gasteiger partial charge in [0.05, 0.1) is 47.5 Å². The molecule has 0 aliphatic carbocycles. The first-order chi connectivity index (χ1) is 17.3. The molecule has 3 aromatic carbocycles. The smallest absolute Gasteiger partial charge is 0.240 e. The third kappa shape index (κ3) is 3.03. The lowest BCUT2D eigenvalue weighted by molar-refractivity contribution is -0.134. The van der Waals surface area contributed by atoms with Gasteiger partial charge < -0.3 is 14.6 Å². The van der Waals surface area contributed by atoms with Crippen molar-refractivity contribution >= 4 is 28.3 Å². The van der Waals surface area contributed by atoms with Gasteiger partial charge >= 0.3 is 0 Å². The Morgan fingerprint density at radius 2 is 1.78 bits per heavy atom. The largest absolute Gasteiger partial charge is 0.493 e. The first kappa shape index (κ1) is 22.7. The number of halogens is 1. The minimum Gasteiger partial charge on any atom is -0.493 e. The summed E-state index contributed by atoms with van der Waals surface area (Å²) in [6.45, 7) is 1.86. The Kier molecular flexibility index (Phi) is 4.94. The number of hydrogen-bond acceptors (Lipinski definition) is 6. The molecule has 3 saturated heterocycles. The molecule has 5 atom stereocenters. The maximum atomic E-state index is 13.9. The van der Waals surface area contributed by atoms with E-state index in [1.807, 2.05) is 0 Å². The van der Waals surface area contributed by atoms with E-state index in [0.717, 1.165) is 0 Å². The minimum atomic E-state index is -1.20. The molecular formula is C28H23FN2O5. The molecule has 1 N–H and O–H groups in total. The van der Waals surface area contributed by atoms with Crippen molar-refractivity contribution in [1.82, 2.24) is 0 Å². The number of carbonyl (C=O) groups is 2. The zero-order chi connectivity index (χ0) is 25.2. The lowest BCUT2D eigenvalue weighted by atomic mass is 9.66.